The van der Waals surface area contributed by atoms with Crippen molar-refractivity contribution < 1.29 is 27.3 Å². The average Bonchev–Trinajstić information content (AvgIpc) is 2.50. The van der Waals surface area contributed by atoms with Gasteiger partial charge in [0, 0.05) is 0 Å². The molecule has 3 amide bonds. The van der Waals surface area contributed by atoms with Crippen LogP contribution in [-0.4, -0.2) is 62.0 Å². The van der Waals surface area contributed by atoms with Crippen molar-refractivity contribution in [3.8, 4) is 5.75 Å². The highest BCUT2D eigenvalue weighted by Gasteiger charge is 2.50. The molecule has 0 saturated heterocycles. The molecule has 1 N–H and O–H groups in total. The number of nitrogens with one attached hydrogen (secondary N) is 1. The molecule has 8 nitrogen and oxygen atoms in total. The normalized spacial score (nSPS) is 18.9. The average molecular weight is 354 g/mol. The van der Waals surface area contributed by atoms with E-state index in [9.17, 15) is 18.0 Å². The number of rotatable bonds is 4. The molecule has 0 fully saturated rings. The number of hydrogen-bond acceptors (Lipinski definition) is 5. The first-order valence-corrected chi connectivity index (χ1v) is 8.69. The molecule has 1 unspecified atom stereocenters. The fraction of sp³-hybridized carbons (Fsp3) is 0.400. The van der Waals surface area contributed by atoms with Crippen LogP contribution < -0.4 is 9.46 Å². The molecule has 0 spiro atoms. The third-order valence-corrected chi connectivity index (χ3v) is 5.62. The van der Waals surface area contributed by atoms with E-state index in [1.807, 2.05) is 0 Å². The van der Waals surface area contributed by atoms with Gasteiger partial charge in [0.25, 0.3) is 10.0 Å². The SMILES string of the molecule is COc1ccc(C)cc1NS(=O)(=O)C1C(=O)N(C)C(=O)[N+](C)=C1C. The van der Waals surface area contributed by atoms with Crippen LogP contribution in [0.15, 0.2) is 18.2 Å². The van der Waals surface area contributed by atoms with Gasteiger partial charge in [-0.2, -0.15) is 14.3 Å². The van der Waals surface area contributed by atoms with Gasteiger partial charge >= 0.3 is 11.9 Å². The van der Waals surface area contributed by atoms with Crippen LogP contribution in [0.4, 0.5) is 10.5 Å². The number of methoxy groups -OCH3 is 1. The van der Waals surface area contributed by atoms with Crippen LogP contribution in [0.25, 0.3) is 0 Å². The Bertz CT molecular complexity index is 845. The molecule has 0 aromatic heterocycles. The number of anilines is 1. The predicted octanol–water partition coefficient (Wildman–Crippen LogP) is 0.809. The molecule has 1 aromatic rings. The largest absolute Gasteiger partial charge is 0.500 e. The molecule has 1 heterocycles. The van der Waals surface area contributed by atoms with E-state index in [2.05, 4.69) is 4.72 Å². The highest BCUT2D eigenvalue weighted by atomic mass is 32.2. The zero-order chi connectivity index (χ0) is 18.2. The lowest BCUT2D eigenvalue weighted by molar-refractivity contribution is -0.405. The second-order valence-corrected chi connectivity index (χ2v) is 7.38. The maximum absolute atomic E-state index is 12.8. The summed E-state index contributed by atoms with van der Waals surface area (Å²) in [5.74, 6) is -0.461. The number of urea groups is 1. The van der Waals surface area contributed by atoms with Gasteiger partial charge in [-0.1, -0.05) is 6.07 Å². The van der Waals surface area contributed by atoms with E-state index in [4.69, 9.17) is 4.74 Å². The minimum Gasteiger partial charge on any atom is -0.495 e. The molecule has 0 saturated carbocycles. The zero-order valence-electron chi connectivity index (χ0n) is 14.2. The number of nitrogens with zero attached hydrogens (tertiary/aromatic N) is 2. The quantitative estimate of drug-likeness (QED) is 0.807. The summed E-state index contributed by atoms with van der Waals surface area (Å²) in [6.45, 7) is 3.25. The zero-order valence-corrected chi connectivity index (χ0v) is 15.0. The summed E-state index contributed by atoms with van der Waals surface area (Å²) in [6, 6.07) is 4.45. The Labute approximate surface area is 140 Å². The van der Waals surface area contributed by atoms with Crippen LogP contribution in [0.2, 0.25) is 0 Å². The van der Waals surface area contributed by atoms with E-state index < -0.39 is 27.2 Å². The van der Waals surface area contributed by atoms with Gasteiger partial charge in [0.05, 0.1) is 26.9 Å². The Morgan fingerprint density at radius 1 is 1.25 bits per heavy atom. The second kappa shape index (κ2) is 6.23. The number of aryl methyl sites for hydroxylation is 1. The van der Waals surface area contributed by atoms with Crippen LogP contribution in [0.5, 0.6) is 5.75 Å². The molecular formula is C15H20N3O5S+. The molecule has 0 bridgehead atoms. The van der Waals surface area contributed by atoms with Crippen molar-refractivity contribution >= 4 is 33.4 Å². The van der Waals surface area contributed by atoms with E-state index in [0.29, 0.717) is 5.75 Å². The highest BCUT2D eigenvalue weighted by molar-refractivity contribution is 7.94. The Morgan fingerprint density at radius 3 is 2.46 bits per heavy atom. The number of ether oxygens (including phenoxy) is 1. The van der Waals surface area contributed by atoms with E-state index in [-0.39, 0.29) is 11.4 Å². The van der Waals surface area contributed by atoms with Crippen molar-refractivity contribution in [1.82, 2.24) is 4.90 Å². The Balaban J connectivity index is 2.50. The van der Waals surface area contributed by atoms with Gasteiger partial charge in [-0.05, 0) is 31.5 Å². The van der Waals surface area contributed by atoms with Gasteiger partial charge in [-0.25, -0.2) is 13.2 Å². The van der Waals surface area contributed by atoms with Crippen LogP contribution in [0.3, 0.4) is 0 Å². The van der Waals surface area contributed by atoms with Crippen molar-refractivity contribution in [2.75, 3.05) is 25.9 Å². The van der Waals surface area contributed by atoms with Crippen molar-refractivity contribution in [2.45, 2.75) is 19.1 Å². The van der Waals surface area contributed by atoms with E-state index in [0.717, 1.165) is 15.0 Å². The lowest BCUT2D eigenvalue weighted by Crippen LogP contribution is -2.57. The molecule has 1 atom stereocenters. The Morgan fingerprint density at radius 2 is 1.88 bits per heavy atom. The summed E-state index contributed by atoms with van der Waals surface area (Å²) in [7, 11) is -0.0228. The number of imide groups is 1. The summed E-state index contributed by atoms with van der Waals surface area (Å²) in [5, 5.41) is -1.49. The number of amides is 3. The predicted molar refractivity (Wildman–Crippen MR) is 89.1 cm³/mol. The third-order valence-electron chi connectivity index (χ3n) is 3.95. The number of carbonyl (C=O) groups excluding carboxylic acids is 2. The van der Waals surface area contributed by atoms with Crippen molar-refractivity contribution in [3.63, 3.8) is 0 Å². The van der Waals surface area contributed by atoms with Gasteiger partial charge < -0.3 is 4.74 Å². The summed E-state index contributed by atoms with van der Waals surface area (Å²) < 4.78 is 34.3. The summed E-state index contributed by atoms with van der Waals surface area (Å²) in [6.07, 6.45) is 0. The molecule has 0 aliphatic carbocycles. The van der Waals surface area contributed by atoms with Gasteiger partial charge in [-0.15, -0.1) is 0 Å². The van der Waals surface area contributed by atoms with Gasteiger partial charge in [0.15, 0.2) is 0 Å². The van der Waals surface area contributed by atoms with Gasteiger partial charge in [0.2, 0.25) is 5.25 Å². The molecule has 2 rings (SSSR count). The first kappa shape index (κ1) is 17.9. The molecule has 0 radical (unpaired) electrons. The first-order chi connectivity index (χ1) is 11.1. The lowest BCUT2D eigenvalue weighted by atomic mass is 10.2. The lowest BCUT2D eigenvalue weighted by Gasteiger charge is -2.24. The van der Waals surface area contributed by atoms with E-state index >= 15 is 0 Å². The smallest absolute Gasteiger partial charge is 0.495 e. The molecular weight excluding hydrogens is 334 g/mol. The van der Waals surface area contributed by atoms with Crippen molar-refractivity contribution in [2.24, 2.45) is 0 Å². The highest BCUT2D eigenvalue weighted by Crippen LogP contribution is 2.27. The summed E-state index contributed by atoms with van der Waals surface area (Å²) >= 11 is 0. The van der Waals surface area contributed by atoms with Gasteiger partial charge in [0.1, 0.15) is 11.5 Å². The molecule has 1 aromatic carbocycles. The Kier molecular flexibility index (Phi) is 4.66. The van der Waals surface area contributed by atoms with E-state index in [1.165, 1.54) is 28.1 Å². The number of benzene rings is 1. The minimum absolute atomic E-state index is 0.141. The Hall–Kier alpha value is -2.42. The third kappa shape index (κ3) is 2.99. The maximum atomic E-state index is 12.8. The molecule has 24 heavy (non-hydrogen) atoms. The number of carbonyl (C=O) groups is 2. The minimum atomic E-state index is -4.13. The topological polar surface area (TPSA) is 95.8 Å². The van der Waals surface area contributed by atoms with Crippen LogP contribution >= 0.6 is 0 Å². The van der Waals surface area contributed by atoms with E-state index in [1.54, 1.807) is 25.1 Å². The first-order valence-electron chi connectivity index (χ1n) is 7.15. The molecule has 9 heteroatoms. The molecule has 1 aliphatic rings. The number of sulfonamides is 1. The standard InChI is InChI=1S/C15H20N3O5S/c1-9-6-7-12(23-5)11(8-9)16-24(21,22)13-10(2)17(3)15(20)18(4)14(13)19/h6-8,13,16H,1-5H3/q+1. The summed E-state index contributed by atoms with van der Waals surface area (Å²) in [4.78, 5) is 25.0. The van der Waals surface area contributed by atoms with Crippen molar-refractivity contribution in [1.29, 1.82) is 0 Å². The fourth-order valence-electron chi connectivity index (χ4n) is 2.47. The second-order valence-electron chi connectivity index (χ2n) is 5.61. The monoisotopic (exact) mass is 354 g/mol. The van der Waals surface area contributed by atoms with Crippen LogP contribution in [-0.2, 0) is 14.8 Å². The number of hydrogen-bond donors (Lipinski definition) is 1. The maximum Gasteiger partial charge on any atom is 0.500 e. The fourth-order valence-corrected chi connectivity index (χ4v) is 4.09. The molecule has 1 aliphatic heterocycles. The van der Waals surface area contributed by atoms with Crippen molar-refractivity contribution in [3.05, 3.63) is 23.8 Å². The van der Waals surface area contributed by atoms with Crippen LogP contribution in [0.1, 0.15) is 12.5 Å². The molecule has 130 valence electrons. The van der Waals surface area contributed by atoms with Crippen LogP contribution in [0, 0.1) is 6.92 Å². The van der Waals surface area contributed by atoms with Gasteiger partial charge in [-0.3, -0.25) is 4.72 Å². The summed E-state index contributed by atoms with van der Waals surface area (Å²) in [5.41, 5.74) is 1.20.